The van der Waals surface area contributed by atoms with Crippen LogP contribution in [-0.2, 0) is 11.3 Å². The summed E-state index contributed by atoms with van der Waals surface area (Å²) in [6.07, 6.45) is 0. The summed E-state index contributed by atoms with van der Waals surface area (Å²) in [7, 11) is 1.26. The van der Waals surface area contributed by atoms with Gasteiger partial charge in [-0.05, 0) is 42.0 Å². The van der Waals surface area contributed by atoms with Crippen molar-refractivity contribution in [3.05, 3.63) is 56.5 Å². The zero-order chi connectivity index (χ0) is 15.4. The Bertz CT molecular complexity index is 650. The van der Waals surface area contributed by atoms with E-state index >= 15 is 0 Å². The molecule has 0 aliphatic rings. The van der Waals surface area contributed by atoms with Crippen LogP contribution in [-0.4, -0.2) is 18.2 Å². The molecule has 0 aliphatic heterocycles. The van der Waals surface area contributed by atoms with Crippen LogP contribution in [0.15, 0.2) is 45.3 Å². The zero-order valence-corrected chi connectivity index (χ0v) is 14.3. The van der Waals surface area contributed by atoms with Crippen LogP contribution in [0.25, 0.3) is 0 Å². The summed E-state index contributed by atoms with van der Waals surface area (Å²) in [5.74, 6) is -0.271. The third-order valence-electron chi connectivity index (χ3n) is 2.70. The Morgan fingerprint density at radius 3 is 2.43 bits per heavy atom. The molecule has 1 N–H and O–H groups in total. The van der Waals surface area contributed by atoms with Crippen LogP contribution >= 0.6 is 31.9 Å². The Morgan fingerprint density at radius 2 is 1.81 bits per heavy atom. The van der Waals surface area contributed by atoms with Gasteiger partial charge in [-0.15, -0.1) is 0 Å². The number of phenols is 1. The number of aromatic hydroxyl groups is 1. The lowest BCUT2D eigenvalue weighted by molar-refractivity contribution is 0.0597. The topological polar surface area (TPSA) is 55.8 Å². The Balaban J connectivity index is 2.15. The SMILES string of the molecule is COC(=O)c1cc(OCc2cc(Br)cc(Br)c2)ccc1O. The lowest BCUT2D eigenvalue weighted by atomic mass is 10.2. The predicted molar refractivity (Wildman–Crippen MR) is 85.6 cm³/mol. The quantitative estimate of drug-likeness (QED) is 0.757. The third kappa shape index (κ3) is 4.22. The standard InChI is InChI=1S/C15H12Br2O4/c1-20-15(19)13-7-12(2-3-14(13)18)21-8-9-4-10(16)6-11(17)5-9/h2-7,18H,8H2,1H3. The molecule has 0 amide bonds. The van der Waals surface area contributed by atoms with Crippen LogP contribution in [0.5, 0.6) is 11.5 Å². The Kier molecular flexibility index (Phi) is 5.25. The van der Waals surface area contributed by atoms with Crippen molar-refractivity contribution in [3.8, 4) is 11.5 Å². The van der Waals surface area contributed by atoms with Crippen molar-refractivity contribution in [3.63, 3.8) is 0 Å². The van der Waals surface area contributed by atoms with Crippen molar-refractivity contribution in [1.29, 1.82) is 0 Å². The van der Waals surface area contributed by atoms with Gasteiger partial charge in [-0.25, -0.2) is 4.79 Å². The molecule has 0 unspecified atom stereocenters. The van der Waals surface area contributed by atoms with Crippen molar-refractivity contribution < 1.29 is 19.4 Å². The van der Waals surface area contributed by atoms with Crippen molar-refractivity contribution in [2.24, 2.45) is 0 Å². The predicted octanol–water partition coefficient (Wildman–Crippen LogP) is 4.28. The second-order valence-corrected chi connectivity index (χ2v) is 6.07. The Labute approximate surface area is 139 Å². The first kappa shape index (κ1) is 15.9. The summed E-state index contributed by atoms with van der Waals surface area (Å²) < 4.78 is 12.1. The first-order chi connectivity index (χ1) is 9.99. The molecule has 110 valence electrons. The van der Waals surface area contributed by atoms with Crippen LogP contribution < -0.4 is 4.74 Å². The van der Waals surface area contributed by atoms with E-state index in [1.807, 2.05) is 18.2 Å². The number of halogens is 2. The van der Waals surface area contributed by atoms with Crippen molar-refractivity contribution in [2.75, 3.05) is 7.11 Å². The Morgan fingerprint density at radius 1 is 1.14 bits per heavy atom. The molecule has 0 heterocycles. The Hall–Kier alpha value is -1.53. The molecule has 0 bridgehead atoms. The second-order valence-electron chi connectivity index (χ2n) is 4.24. The molecule has 21 heavy (non-hydrogen) atoms. The first-order valence-electron chi connectivity index (χ1n) is 5.98. The molecule has 0 aromatic heterocycles. The van der Waals surface area contributed by atoms with Gasteiger partial charge < -0.3 is 14.6 Å². The molecule has 4 nitrogen and oxygen atoms in total. The number of hydrogen-bond acceptors (Lipinski definition) is 4. The van der Waals surface area contributed by atoms with Crippen molar-refractivity contribution in [1.82, 2.24) is 0 Å². The van der Waals surface area contributed by atoms with Crippen molar-refractivity contribution in [2.45, 2.75) is 6.61 Å². The van der Waals surface area contributed by atoms with E-state index in [0.29, 0.717) is 12.4 Å². The molecule has 0 aliphatic carbocycles. The number of carbonyl (C=O) groups excluding carboxylic acids is 1. The molecular weight excluding hydrogens is 404 g/mol. The molecule has 2 rings (SSSR count). The molecule has 0 radical (unpaired) electrons. The van der Waals surface area contributed by atoms with Crippen LogP contribution in [0.4, 0.5) is 0 Å². The number of benzene rings is 2. The average Bonchev–Trinajstić information content (AvgIpc) is 2.44. The van der Waals surface area contributed by atoms with Gasteiger partial charge in [0.2, 0.25) is 0 Å². The molecule has 2 aromatic carbocycles. The van der Waals surface area contributed by atoms with Crippen LogP contribution in [0, 0.1) is 0 Å². The molecule has 2 aromatic rings. The van der Waals surface area contributed by atoms with Crippen LogP contribution in [0.3, 0.4) is 0 Å². The minimum Gasteiger partial charge on any atom is -0.507 e. The van der Waals surface area contributed by atoms with E-state index in [4.69, 9.17) is 4.74 Å². The van der Waals surface area contributed by atoms with E-state index in [-0.39, 0.29) is 11.3 Å². The van der Waals surface area contributed by atoms with Crippen LogP contribution in [0.2, 0.25) is 0 Å². The molecule has 6 heteroatoms. The monoisotopic (exact) mass is 414 g/mol. The third-order valence-corrected chi connectivity index (χ3v) is 3.62. The summed E-state index contributed by atoms with van der Waals surface area (Å²) in [5, 5.41) is 9.63. The number of rotatable bonds is 4. The molecule has 0 atom stereocenters. The molecule has 0 fully saturated rings. The summed E-state index contributed by atoms with van der Waals surface area (Å²) >= 11 is 6.82. The largest absolute Gasteiger partial charge is 0.507 e. The number of esters is 1. The number of ether oxygens (including phenoxy) is 2. The maximum Gasteiger partial charge on any atom is 0.341 e. The van der Waals surface area contributed by atoms with Gasteiger partial charge in [0, 0.05) is 8.95 Å². The second kappa shape index (κ2) is 6.95. The van der Waals surface area contributed by atoms with Gasteiger partial charge in [0.25, 0.3) is 0 Å². The fraction of sp³-hybridized carbons (Fsp3) is 0.133. The van der Waals surface area contributed by atoms with Gasteiger partial charge in [-0.2, -0.15) is 0 Å². The highest BCUT2D eigenvalue weighted by Crippen LogP contribution is 2.25. The minimum absolute atomic E-state index is 0.0745. The summed E-state index contributed by atoms with van der Waals surface area (Å²) in [6, 6.07) is 10.2. The maximum atomic E-state index is 11.5. The molecule has 0 saturated heterocycles. The highest BCUT2D eigenvalue weighted by Gasteiger charge is 2.12. The zero-order valence-electron chi connectivity index (χ0n) is 11.1. The van der Waals surface area contributed by atoms with E-state index in [1.54, 1.807) is 6.07 Å². The summed E-state index contributed by atoms with van der Waals surface area (Å²) in [4.78, 5) is 11.5. The lowest BCUT2D eigenvalue weighted by Crippen LogP contribution is -2.03. The molecular formula is C15H12Br2O4. The van der Waals surface area contributed by atoms with Gasteiger partial charge in [0.15, 0.2) is 0 Å². The highest BCUT2D eigenvalue weighted by atomic mass is 79.9. The first-order valence-corrected chi connectivity index (χ1v) is 7.57. The molecule has 0 saturated carbocycles. The minimum atomic E-state index is -0.608. The fourth-order valence-corrected chi connectivity index (χ4v) is 3.13. The highest BCUT2D eigenvalue weighted by molar-refractivity contribution is 9.11. The van der Waals surface area contributed by atoms with Gasteiger partial charge in [-0.1, -0.05) is 31.9 Å². The lowest BCUT2D eigenvalue weighted by Gasteiger charge is -2.09. The average molecular weight is 416 g/mol. The van der Waals surface area contributed by atoms with Gasteiger partial charge in [0.1, 0.15) is 23.7 Å². The van der Waals surface area contributed by atoms with E-state index in [1.165, 1.54) is 19.2 Å². The number of carbonyl (C=O) groups is 1. The van der Waals surface area contributed by atoms with E-state index in [0.717, 1.165) is 14.5 Å². The van der Waals surface area contributed by atoms with E-state index in [9.17, 15) is 9.90 Å². The number of methoxy groups -OCH3 is 1. The number of phenolic OH excluding ortho intramolecular Hbond substituents is 1. The van der Waals surface area contributed by atoms with Gasteiger partial charge >= 0.3 is 5.97 Å². The smallest absolute Gasteiger partial charge is 0.341 e. The number of hydrogen-bond donors (Lipinski definition) is 1. The van der Waals surface area contributed by atoms with Crippen LogP contribution in [0.1, 0.15) is 15.9 Å². The molecule has 0 spiro atoms. The summed E-state index contributed by atoms with van der Waals surface area (Å²) in [5.41, 5.74) is 1.04. The fourth-order valence-electron chi connectivity index (χ4n) is 1.74. The summed E-state index contributed by atoms with van der Waals surface area (Å²) in [6.45, 7) is 0.337. The van der Waals surface area contributed by atoms with E-state index in [2.05, 4.69) is 36.6 Å². The van der Waals surface area contributed by atoms with E-state index < -0.39 is 5.97 Å². The van der Waals surface area contributed by atoms with Gasteiger partial charge in [0.05, 0.1) is 7.11 Å². The normalized spacial score (nSPS) is 10.2. The van der Waals surface area contributed by atoms with Gasteiger partial charge in [-0.3, -0.25) is 0 Å². The van der Waals surface area contributed by atoms with Crippen molar-refractivity contribution >= 4 is 37.8 Å². The maximum absolute atomic E-state index is 11.5.